The summed E-state index contributed by atoms with van der Waals surface area (Å²) >= 11 is 5.99. The number of esters is 5. The number of carbonyl (C=O) groups excluding carboxylic acids is 6. The van der Waals surface area contributed by atoms with Crippen LogP contribution in [0.1, 0.15) is 53.5 Å². The van der Waals surface area contributed by atoms with E-state index >= 15 is 0 Å². The van der Waals surface area contributed by atoms with Crippen molar-refractivity contribution in [2.75, 3.05) is 13.2 Å². The highest BCUT2D eigenvalue weighted by Crippen LogP contribution is 2.44. The molecule has 0 unspecified atom stereocenters. The van der Waals surface area contributed by atoms with E-state index in [-0.39, 0.29) is 17.6 Å². The lowest BCUT2D eigenvalue weighted by molar-refractivity contribution is -0.225. The maximum Gasteiger partial charge on any atom is 0.350 e. The number of amides is 1. The minimum atomic E-state index is -2.11. The van der Waals surface area contributed by atoms with Crippen molar-refractivity contribution in [2.45, 2.75) is 90.0 Å². The fourth-order valence-electron chi connectivity index (χ4n) is 4.46. The first-order valence-corrected chi connectivity index (χ1v) is 15.1. The first kappa shape index (κ1) is 37.4. The number of hydrogen-bond acceptors (Lipinski definition) is 15. The largest absolute Gasteiger partial charge is 0.479 e. The molecule has 1 aliphatic rings. The molecule has 0 aliphatic carbocycles. The van der Waals surface area contributed by atoms with Gasteiger partial charge >= 0.3 is 29.8 Å². The molecule has 16 heteroatoms. The maximum absolute atomic E-state index is 14.0. The number of hydrogen-bond donors (Lipinski definition) is 1. The van der Waals surface area contributed by atoms with Crippen LogP contribution in [0.25, 0.3) is 0 Å². The third-order valence-electron chi connectivity index (χ3n) is 6.03. The summed E-state index contributed by atoms with van der Waals surface area (Å²) in [5, 5.41) is 2.62. The van der Waals surface area contributed by atoms with Crippen LogP contribution in [0.5, 0.6) is 0 Å². The van der Waals surface area contributed by atoms with Crippen molar-refractivity contribution >= 4 is 64.1 Å². The van der Waals surface area contributed by atoms with E-state index in [9.17, 15) is 28.8 Å². The van der Waals surface area contributed by atoms with Crippen LogP contribution in [0, 0.1) is 0 Å². The van der Waals surface area contributed by atoms with Crippen molar-refractivity contribution in [3.05, 3.63) is 35.9 Å². The minimum Gasteiger partial charge on any atom is -0.479 e. The first-order valence-electron chi connectivity index (χ1n) is 13.8. The highest BCUT2D eigenvalue weighted by Gasteiger charge is 2.59. The average molecular weight is 672 g/mol. The van der Waals surface area contributed by atoms with Gasteiger partial charge in [-0.15, -0.1) is 0 Å². The fourth-order valence-corrected chi connectivity index (χ4v) is 5.98. The molecule has 45 heavy (non-hydrogen) atoms. The van der Waals surface area contributed by atoms with Gasteiger partial charge in [-0.3, -0.25) is 24.0 Å². The molecular weight excluding hydrogens is 634 g/mol. The molecule has 1 aromatic carbocycles. The number of ether oxygens (including phenoxy) is 7. The van der Waals surface area contributed by atoms with E-state index in [2.05, 4.69) is 5.32 Å². The lowest BCUT2D eigenvalue weighted by Gasteiger charge is -2.48. The van der Waals surface area contributed by atoms with Crippen molar-refractivity contribution in [2.24, 2.45) is 0 Å². The average Bonchev–Trinajstić information content (AvgIpc) is 2.93. The van der Waals surface area contributed by atoms with Gasteiger partial charge in [0.15, 0.2) is 12.2 Å². The Bertz CT molecular complexity index is 1240. The van der Waals surface area contributed by atoms with Gasteiger partial charge in [-0.2, -0.15) is 0 Å². The van der Waals surface area contributed by atoms with Crippen LogP contribution >= 0.6 is 24.0 Å². The Morgan fingerprint density at radius 3 is 2.11 bits per heavy atom. The predicted octanol–water partition coefficient (Wildman–Crippen LogP) is 2.13. The summed E-state index contributed by atoms with van der Waals surface area (Å²) in [5.74, 6) is -4.81. The summed E-state index contributed by atoms with van der Waals surface area (Å²) in [6.45, 7) is 6.56. The Morgan fingerprint density at radius 2 is 1.58 bits per heavy atom. The topological polar surface area (TPSA) is 179 Å². The van der Waals surface area contributed by atoms with E-state index in [0.717, 1.165) is 27.7 Å². The molecule has 0 radical (unpaired) electrons. The van der Waals surface area contributed by atoms with Gasteiger partial charge in [0, 0.05) is 41.0 Å². The number of benzene rings is 1. The molecule has 248 valence electrons. The van der Waals surface area contributed by atoms with Crippen LogP contribution in [0.3, 0.4) is 0 Å². The van der Waals surface area contributed by atoms with Gasteiger partial charge in [-0.25, -0.2) is 4.79 Å². The summed E-state index contributed by atoms with van der Waals surface area (Å²) in [7, 11) is 0. The molecule has 1 aromatic rings. The normalized spacial score (nSPS) is 22.0. The van der Waals surface area contributed by atoms with E-state index in [4.69, 9.17) is 45.4 Å². The van der Waals surface area contributed by atoms with Crippen molar-refractivity contribution in [1.29, 1.82) is 0 Å². The standard InChI is InChI=1S/C29H37NO13S2/c1-7-37-28(44)45-29(27(36)39-14-21-11-9-8-10-12-21)13-22(40-18(4)33)24(30-16(2)31)26(43-29)25(42-20(6)35)23(41-19(5)34)15-38-17(3)32/h8-12,22-26H,7,13-15H2,1-6H3,(H,30,31)/t22-,23+,24+,25+,26+,29-/m0/s1. The van der Waals surface area contributed by atoms with E-state index in [0.29, 0.717) is 17.3 Å². The van der Waals surface area contributed by atoms with Gasteiger partial charge in [-0.1, -0.05) is 30.3 Å². The van der Waals surface area contributed by atoms with Crippen LogP contribution in [-0.2, 0) is 68.5 Å². The third kappa shape index (κ3) is 11.9. The molecule has 0 saturated carbocycles. The Kier molecular flexibility index (Phi) is 14.7. The van der Waals surface area contributed by atoms with Crippen LogP contribution in [0.2, 0.25) is 0 Å². The minimum absolute atomic E-state index is 0.132. The molecule has 1 N–H and O–H groups in total. The second kappa shape index (κ2) is 17.7. The van der Waals surface area contributed by atoms with E-state index < -0.39 is 84.2 Å². The lowest BCUT2D eigenvalue weighted by atomic mass is 9.89. The summed E-state index contributed by atoms with van der Waals surface area (Å²) in [5.41, 5.74) is 0.646. The Labute approximate surface area is 270 Å². The van der Waals surface area contributed by atoms with Crippen LogP contribution in [0.15, 0.2) is 30.3 Å². The maximum atomic E-state index is 14.0. The van der Waals surface area contributed by atoms with Crippen LogP contribution < -0.4 is 5.32 Å². The zero-order valence-electron chi connectivity index (χ0n) is 25.7. The van der Waals surface area contributed by atoms with E-state index in [1.165, 1.54) is 6.92 Å². The van der Waals surface area contributed by atoms with Crippen molar-refractivity contribution in [3.63, 3.8) is 0 Å². The second-order valence-electron chi connectivity index (χ2n) is 9.79. The van der Waals surface area contributed by atoms with Crippen molar-refractivity contribution in [3.8, 4) is 0 Å². The first-order chi connectivity index (χ1) is 21.2. The molecule has 0 spiro atoms. The zero-order chi connectivity index (χ0) is 33.7. The highest BCUT2D eigenvalue weighted by molar-refractivity contribution is 8.23. The molecule has 1 amide bonds. The monoisotopic (exact) mass is 671 g/mol. The molecule has 14 nitrogen and oxygen atoms in total. The van der Waals surface area contributed by atoms with Crippen LogP contribution in [0.4, 0.5) is 0 Å². The Hall–Kier alpha value is -3.76. The Morgan fingerprint density at radius 1 is 0.933 bits per heavy atom. The van der Waals surface area contributed by atoms with Gasteiger partial charge in [0.05, 0.1) is 12.6 Å². The van der Waals surface area contributed by atoms with Crippen LogP contribution in [-0.4, -0.2) is 88.7 Å². The van der Waals surface area contributed by atoms with Gasteiger partial charge in [-0.05, 0) is 36.5 Å². The summed E-state index contributed by atoms with van der Waals surface area (Å²) in [4.78, 5) is 72.8. The summed E-state index contributed by atoms with van der Waals surface area (Å²) in [6, 6.07) is 7.46. The number of thiocarbonyl (C=S) groups is 1. The summed E-state index contributed by atoms with van der Waals surface area (Å²) in [6.07, 6.45) is -6.44. The number of nitrogens with one attached hydrogen (secondary N) is 1. The smallest absolute Gasteiger partial charge is 0.350 e. The van der Waals surface area contributed by atoms with Gasteiger partial charge in [0.2, 0.25) is 15.2 Å². The van der Waals surface area contributed by atoms with E-state index in [1.807, 2.05) is 0 Å². The SMILES string of the molecule is CCOC(=S)S[C@]1(C(=O)OCc2ccccc2)C[C@H](OC(C)=O)[C@@H](NC(C)=O)[C@H]([C@H](OC(C)=O)[C@@H](COC(C)=O)OC(C)=O)O1. The van der Waals surface area contributed by atoms with E-state index in [1.54, 1.807) is 37.3 Å². The quantitative estimate of drug-likeness (QED) is 0.183. The molecule has 6 atom stereocenters. The predicted molar refractivity (Wildman–Crippen MR) is 161 cm³/mol. The van der Waals surface area contributed by atoms with Gasteiger partial charge in [0.1, 0.15) is 25.4 Å². The van der Waals surface area contributed by atoms with Gasteiger partial charge in [0.25, 0.3) is 0 Å². The van der Waals surface area contributed by atoms with Crippen molar-refractivity contribution < 1.29 is 61.9 Å². The number of thioether (sulfide) groups is 1. The fraction of sp³-hybridized carbons (Fsp3) is 0.552. The third-order valence-corrected chi connectivity index (χ3v) is 7.44. The number of rotatable bonds is 13. The molecular formula is C29H37NO13S2. The van der Waals surface area contributed by atoms with Crippen molar-refractivity contribution in [1.82, 2.24) is 5.32 Å². The molecule has 1 aliphatic heterocycles. The molecule has 1 saturated heterocycles. The Balaban J connectivity index is 2.75. The highest BCUT2D eigenvalue weighted by atomic mass is 32.2. The van der Waals surface area contributed by atoms with Gasteiger partial charge < -0.3 is 38.5 Å². The molecule has 0 aromatic heterocycles. The molecule has 1 fully saturated rings. The number of carbonyl (C=O) groups is 6. The zero-order valence-corrected chi connectivity index (χ0v) is 27.4. The lowest BCUT2D eigenvalue weighted by Crippen LogP contribution is -2.68. The second-order valence-corrected chi connectivity index (χ2v) is 11.6. The molecule has 1 heterocycles. The molecule has 2 rings (SSSR count). The summed E-state index contributed by atoms with van der Waals surface area (Å²) < 4.78 is 38.9. The molecule has 0 bridgehead atoms.